The molecule has 0 bridgehead atoms. The van der Waals surface area contributed by atoms with Gasteiger partial charge in [0.2, 0.25) is 0 Å². The largest absolute Gasteiger partial charge is 0.389 e. The summed E-state index contributed by atoms with van der Waals surface area (Å²) in [6.07, 6.45) is 2.78. The number of aliphatic hydroxyl groups is 1. The lowest BCUT2D eigenvalue weighted by Crippen LogP contribution is -2.29. The third-order valence-electron chi connectivity index (χ3n) is 2.39. The van der Waals surface area contributed by atoms with E-state index >= 15 is 0 Å². The molecule has 0 spiro atoms. The Morgan fingerprint density at radius 1 is 1.77 bits per heavy atom. The van der Waals surface area contributed by atoms with E-state index in [0.29, 0.717) is 0 Å². The molecule has 2 heterocycles. The van der Waals surface area contributed by atoms with Crippen molar-refractivity contribution in [3.8, 4) is 0 Å². The molecular formula is C9H14N2OS. The second kappa shape index (κ2) is 3.36. The van der Waals surface area contributed by atoms with Crippen LogP contribution in [0.3, 0.4) is 0 Å². The van der Waals surface area contributed by atoms with Gasteiger partial charge in [-0.2, -0.15) is 0 Å². The van der Waals surface area contributed by atoms with Gasteiger partial charge in [0.25, 0.3) is 0 Å². The highest BCUT2D eigenvalue weighted by Crippen LogP contribution is 2.22. The molecule has 4 heteroatoms. The average Bonchev–Trinajstić information content (AvgIpc) is 2.61. The fraction of sp³-hybridized carbons (Fsp3) is 0.667. The molecule has 2 rings (SSSR count). The molecule has 0 amide bonds. The van der Waals surface area contributed by atoms with Gasteiger partial charge in [0.1, 0.15) is 0 Å². The van der Waals surface area contributed by atoms with Crippen molar-refractivity contribution >= 4 is 11.3 Å². The molecule has 13 heavy (non-hydrogen) atoms. The first-order valence-corrected chi connectivity index (χ1v) is 5.36. The van der Waals surface area contributed by atoms with E-state index in [-0.39, 0.29) is 0 Å². The van der Waals surface area contributed by atoms with Gasteiger partial charge in [-0.1, -0.05) is 0 Å². The first kappa shape index (κ1) is 9.12. The van der Waals surface area contributed by atoms with Gasteiger partial charge in [0.15, 0.2) is 0 Å². The van der Waals surface area contributed by atoms with Gasteiger partial charge in [-0.3, -0.25) is 9.88 Å². The van der Waals surface area contributed by atoms with Crippen LogP contribution in [0.2, 0.25) is 0 Å². The number of hydrogen-bond donors (Lipinski definition) is 1. The van der Waals surface area contributed by atoms with E-state index in [2.05, 4.69) is 9.88 Å². The molecule has 0 radical (unpaired) electrons. The SMILES string of the molecule is CC1(O)CCN(Cc2cncs2)C1. The van der Waals surface area contributed by atoms with E-state index in [0.717, 1.165) is 26.1 Å². The first-order chi connectivity index (χ1) is 6.16. The van der Waals surface area contributed by atoms with E-state index < -0.39 is 5.60 Å². The lowest BCUT2D eigenvalue weighted by Gasteiger charge is -2.17. The standard InChI is InChI=1S/C9H14N2OS/c1-9(12)2-3-11(6-9)5-8-4-10-7-13-8/h4,7,12H,2-3,5-6H2,1H3. The van der Waals surface area contributed by atoms with Gasteiger partial charge >= 0.3 is 0 Å². The lowest BCUT2D eigenvalue weighted by molar-refractivity contribution is 0.0680. The van der Waals surface area contributed by atoms with Crippen molar-refractivity contribution in [1.29, 1.82) is 0 Å². The van der Waals surface area contributed by atoms with Gasteiger partial charge < -0.3 is 5.11 Å². The number of thiazole rings is 1. The second-order valence-electron chi connectivity index (χ2n) is 3.93. The molecule has 1 N–H and O–H groups in total. The minimum atomic E-state index is -0.481. The predicted molar refractivity (Wildman–Crippen MR) is 52.6 cm³/mol. The van der Waals surface area contributed by atoms with Gasteiger partial charge in [-0.25, -0.2) is 0 Å². The smallest absolute Gasteiger partial charge is 0.0794 e. The second-order valence-corrected chi connectivity index (χ2v) is 4.90. The molecule has 1 aromatic rings. The summed E-state index contributed by atoms with van der Waals surface area (Å²) < 4.78 is 0. The van der Waals surface area contributed by atoms with Crippen LogP contribution in [-0.4, -0.2) is 33.7 Å². The number of nitrogens with zero attached hydrogens (tertiary/aromatic N) is 2. The van der Waals surface area contributed by atoms with Crippen LogP contribution < -0.4 is 0 Å². The third-order valence-corrected chi connectivity index (χ3v) is 3.16. The van der Waals surface area contributed by atoms with Crippen LogP contribution >= 0.6 is 11.3 Å². The molecule has 1 atom stereocenters. The van der Waals surface area contributed by atoms with Crippen LogP contribution in [0.1, 0.15) is 18.2 Å². The molecule has 0 aliphatic carbocycles. The van der Waals surface area contributed by atoms with Gasteiger partial charge in [-0.05, 0) is 13.3 Å². The fourth-order valence-electron chi connectivity index (χ4n) is 1.71. The quantitative estimate of drug-likeness (QED) is 0.773. The van der Waals surface area contributed by atoms with Crippen molar-refractivity contribution in [2.75, 3.05) is 13.1 Å². The molecule has 1 aliphatic rings. The Morgan fingerprint density at radius 2 is 2.62 bits per heavy atom. The Bertz CT molecular complexity index is 271. The van der Waals surface area contributed by atoms with Crippen molar-refractivity contribution in [2.45, 2.75) is 25.5 Å². The molecule has 0 saturated carbocycles. The summed E-state index contributed by atoms with van der Waals surface area (Å²) in [6.45, 7) is 4.61. The van der Waals surface area contributed by atoms with Crippen LogP contribution in [0.4, 0.5) is 0 Å². The van der Waals surface area contributed by atoms with E-state index in [9.17, 15) is 5.11 Å². The maximum atomic E-state index is 9.74. The summed E-state index contributed by atoms with van der Waals surface area (Å²) in [6, 6.07) is 0. The van der Waals surface area contributed by atoms with Crippen molar-refractivity contribution in [3.05, 3.63) is 16.6 Å². The van der Waals surface area contributed by atoms with Crippen LogP contribution in [0, 0.1) is 0 Å². The summed E-state index contributed by atoms with van der Waals surface area (Å²) in [5, 5.41) is 9.74. The molecule has 72 valence electrons. The number of likely N-dealkylation sites (tertiary alicyclic amines) is 1. The number of β-amino-alcohol motifs (C(OH)–C–C–N with tert-alkyl or cyclic N) is 1. The molecule has 1 unspecified atom stereocenters. The summed E-state index contributed by atoms with van der Waals surface area (Å²) in [5.74, 6) is 0. The number of aromatic nitrogens is 1. The highest BCUT2D eigenvalue weighted by Gasteiger charge is 2.31. The van der Waals surface area contributed by atoms with Gasteiger partial charge in [-0.15, -0.1) is 11.3 Å². The molecule has 1 saturated heterocycles. The fourth-order valence-corrected chi connectivity index (χ4v) is 2.35. The summed E-state index contributed by atoms with van der Waals surface area (Å²) in [7, 11) is 0. The minimum absolute atomic E-state index is 0.481. The van der Waals surface area contributed by atoms with Crippen molar-refractivity contribution in [3.63, 3.8) is 0 Å². The summed E-state index contributed by atoms with van der Waals surface area (Å²) in [5.41, 5.74) is 1.37. The molecule has 3 nitrogen and oxygen atoms in total. The first-order valence-electron chi connectivity index (χ1n) is 4.48. The Balaban J connectivity index is 1.91. The molecular weight excluding hydrogens is 184 g/mol. The van der Waals surface area contributed by atoms with Crippen molar-refractivity contribution in [2.24, 2.45) is 0 Å². The van der Waals surface area contributed by atoms with E-state index in [4.69, 9.17) is 0 Å². The topological polar surface area (TPSA) is 36.4 Å². The number of hydrogen-bond acceptors (Lipinski definition) is 4. The van der Waals surface area contributed by atoms with Crippen molar-refractivity contribution < 1.29 is 5.11 Å². The average molecular weight is 198 g/mol. The molecule has 1 fully saturated rings. The van der Waals surface area contributed by atoms with Gasteiger partial charge in [0.05, 0.1) is 11.1 Å². The third kappa shape index (κ3) is 2.27. The zero-order valence-corrected chi connectivity index (χ0v) is 8.55. The number of rotatable bonds is 2. The maximum Gasteiger partial charge on any atom is 0.0794 e. The van der Waals surface area contributed by atoms with Crippen molar-refractivity contribution in [1.82, 2.24) is 9.88 Å². The summed E-state index contributed by atoms with van der Waals surface area (Å²) >= 11 is 1.68. The monoisotopic (exact) mass is 198 g/mol. The Labute approximate surface area is 82.0 Å². The zero-order valence-electron chi connectivity index (χ0n) is 7.73. The predicted octanol–water partition coefficient (Wildman–Crippen LogP) is 1.10. The van der Waals surface area contributed by atoms with Crippen LogP contribution in [-0.2, 0) is 6.54 Å². The maximum absolute atomic E-state index is 9.74. The minimum Gasteiger partial charge on any atom is -0.389 e. The van der Waals surface area contributed by atoms with E-state index in [1.807, 2.05) is 18.6 Å². The zero-order chi connectivity index (χ0) is 9.31. The Kier molecular flexibility index (Phi) is 2.36. The molecule has 1 aliphatic heterocycles. The van der Waals surface area contributed by atoms with Crippen LogP contribution in [0.25, 0.3) is 0 Å². The van der Waals surface area contributed by atoms with Gasteiger partial charge in [0, 0.05) is 30.7 Å². The highest BCUT2D eigenvalue weighted by molar-refractivity contribution is 7.09. The van der Waals surface area contributed by atoms with E-state index in [1.165, 1.54) is 4.88 Å². The van der Waals surface area contributed by atoms with E-state index in [1.54, 1.807) is 11.3 Å². The Hall–Kier alpha value is -0.450. The molecule has 0 aromatic carbocycles. The van der Waals surface area contributed by atoms with Crippen LogP contribution in [0.15, 0.2) is 11.7 Å². The normalized spacial score (nSPS) is 29.7. The Morgan fingerprint density at radius 3 is 3.15 bits per heavy atom. The van der Waals surface area contributed by atoms with Crippen LogP contribution in [0.5, 0.6) is 0 Å². The lowest BCUT2D eigenvalue weighted by atomic mass is 10.1. The molecule has 1 aromatic heterocycles. The highest BCUT2D eigenvalue weighted by atomic mass is 32.1. The summed E-state index contributed by atoms with van der Waals surface area (Å²) in [4.78, 5) is 7.58.